The highest BCUT2D eigenvalue weighted by Crippen LogP contribution is 2.15. The van der Waals surface area contributed by atoms with Gasteiger partial charge < -0.3 is 4.74 Å². The summed E-state index contributed by atoms with van der Waals surface area (Å²) >= 11 is 0. The van der Waals surface area contributed by atoms with Gasteiger partial charge in [0, 0.05) is 0 Å². The van der Waals surface area contributed by atoms with Crippen LogP contribution in [0.3, 0.4) is 0 Å². The van der Waals surface area contributed by atoms with Crippen LogP contribution in [-0.4, -0.2) is 0 Å². The van der Waals surface area contributed by atoms with Crippen LogP contribution in [0.15, 0.2) is 61.7 Å². The maximum atomic E-state index is 5.70. The van der Waals surface area contributed by atoms with Crippen LogP contribution in [0.4, 0.5) is 0 Å². The third kappa shape index (κ3) is 3.11. The van der Waals surface area contributed by atoms with Crippen molar-refractivity contribution in [2.75, 3.05) is 0 Å². The first-order chi connectivity index (χ1) is 8.81. The Balaban J connectivity index is 1.97. The predicted molar refractivity (Wildman–Crippen MR) is 77.4 cm³/mol. The van der Waals surface area contributed by atoms with Crippen molar-refractivity contribution in [3.8, 4) is 5.75 Å². The summed E-state index contributed by atoms with van der Waals surface area (Å²) in [5, 5.41) is 0. The zero-order valence-corrected chi connectivity index (χ0v) is 10.3. The maximum Gasteiger partial charge on any atom is 0.119 e. The number of rotatable bonds is 5. The van der Waals surface area contributed by atoms with E-state index in [0.29, 0.717) is 6.61 Å². The first-order valence-corrected chi connectivity index (χ1v) is 5.88. The fourth-order valence-corrected chi connectivity index (χ4v) is 1.62. The molecule has 2 aromatic rings. The summed E-state index contributed by atoms with van der Waals surface area (Å²) in [5.41, 5.74) is 3.36. The van der Waals surface area contributed by atoms with Crippen molar-refractivity contribution in [3.63, 3.8) is 0 Å². The van der Waals surface area contributed by atoms with Crippen LogP contribution in [-0.2, 0) is 6.61 Å². The van der Waals surface area contributed by atoms with Crippen molar-refractivity contribution in [2.24, 2.45) is 0 Å². The second-order valence-electron chi connectivity index (χ2n) is 4.01. The Morgan fingerprint density at radius 2 is 1.28 bits per heavy atom. The highest BCUT2D eigenvalue weighted by molar-refractivity contribution is 5.48. The third-order valence-electron chi connectivity index (χ3n) is 2.74. The molecular weight excluding hydrogens is 220 g/mol. The molecule has 0 amide bonds. The molecule has 0 N–H and O–H groups in total. The van der Waals surface area contributed by atoms with E-state index >= 15 is 0 Å². The van der Waals surface area contributed by atoms with Crippen molar-refractivity contribution in [3.05, 3.63) is 78.4 Å². The molecule has 0 aliphatic carbocycles. The molecule has 1 heteroatoms. The quantitative estimate of drug-likeness (QED) is 0.740. The SMILES string of the molecule is C=Cc1ccc(COc2ccc(C=C)cc2)cc1. The molecule has 0 aliphatic heterocycles. The Morgan fingerprint density at radius 3 is 1.78 bits per heavy atom. The molecule has 0 unspecified atom stereocenters. The number of hydrogen-bond acceptors (Lipinski definition) is 1. The highest BCUT2D eigenvalue weighted by Gasteiger charge is 1.96. The van der Waals surface area contributed by atoms with Gasteiger partial charge in [0.2, 0.25) is 0 Å². The second-order valence-corrected chi connectivity index (χ2v) is 4.01. The van der Waals surface area contributed by atoms with E-state index in [1.165, 1.54) is 0 Å². The smallest absolute Gasteiger partial charge is 0.119 e. The van der Waals surface area contributed by atoms with E-state index < -0.39 is 0 Å². The van der Waals surface area contributed by atoms with Crippen molar-refractivity contribution < 1.29 is 4.74 Å². The summed E-state index contributed by atoms with van der Waals surface area (Å²) in [5.74, 6) is 0.869. The van der Waals surface area contributed by atoms with Crippen LogP contribution in [0.25, 0.3) is 12.2 Å². The molecule has 0 radical (unpaired) electrons. The second kappa shape index (κ2) is 5.87. The molecule has 0 heterocycles. The molecule has 0 aliphatic rings. The van der Waals surface area contributed by atoms with Crippen LogP contribution in [0.1, 0.15) is 16.7 Å². The lowest BCUT2D eigenvalue weighted by Gasteiger charge is -2.06. The first kappa shape index (κ1) is 12.2. The molecule has 0 fully saturated rings. The molecular formula is C17H16O. The van der Waals surface area contributed by atoms with Crippen molar-refractivity contribution in [1.82, 2.24) is 0 Å². The van der Waals surface area contributed by atoms with E-state index in [0.717, 1.165) is 22.4 Å². The van der Waals surface area contributed by atoms with Crippen LogP contribution in [0.5, 0.6) is 5.75 Å². The van der Waals surface area contributed by atoms with Gasteiger partial charge in [-0.1, -0.05) is 61.7 Å². The molecule has 0 spiro atoms. The maximum absolute atomic E-state index is 5.70. The topological polar surface area (TPSA) is 9.23 Å². The zero-order chi connectivity index (χ0) is 12.8. The molecule has 0 atom stereocenters. The lowest BCUT2D eigenvalue weighted by Crippen LogP contribution is -1.95. The summed E-state index contributed by atoms with van der Waals surface area (Å²) in [6, 6.07) is 16.1. The monoisotopic (exact) mass is 236 g/mol. The predicted octanol–water partition coefficient (Wildman–Crippen LogP) is 4.55. The van der Waals surface area contributed by atoms with Crippen molar-refractivity contribution >= 4 is 12.2 Å². The van der Waals surface area contributed by atoms with E-state index in [9.17, 15) is 0 Å². The van der Waals surface area contributed by atoms with Gasteiger partial charge in [-0.2, -0.15) is 0 Å². The van der Waals surface area contributed by atoms with Crippen LogP contribution in [0.2, 0.25) is 0 Å². The van der Waals surface area contributed by atoms with Crippen molar-refractivity contribution in [1.29, 1.82) is 0 Å². The van der Waals surface area contributed by atoms with Gasteiger partial charge >= 0.3 is 0 Å². The number of ether oxygens (including phenoxy) is 1. The minimum absolute atomic E-state index is 0.574. The van der Waals surface area contributed by atoms with Gasteiger partial charge in [-0.15, -0.1) is 0 Å². The molecule has 0 saturated carbocycles. The van der Waals surface area contributed by atoms with E-state index in [-0.39, 0.29) is 0 Å². The molecule has 18 heavy (non-hydrogen) atoms. The van der Waals surface area contributed by atoms with Gasteiger partial charge in [0.05, 0.1) is 0 Å². The molecule has 0 saturated heterocycles. The zero-order valence-electron chi connectivity index (χ0n) is 10.3. The van der Waals surface area contributed by atoms with E-state index in [1.54, 1.807) is 0 Å². The minimum Gasteiger partial charge on any atom is -0.489 e. The Morgan fingerprint density at radius 1 is 0.778 bits per heavy atom. The summed E-state index contributed by atoms with van der Waals surface area (Å²) in [6.45, 7) is 8.03. The number of hydrogen-bond donors (Lipinski definition) is 0. The Kier molecular flexibility index (Phi) is 3.98. The fourth-order valence-electron chi connectivity index (χ4n) is 1.62. The lowest BCUT2D eigenvalue weighted by molar-refractivity contribution is 0.306. The normalized spacial score (nSPS) is 9.78. The van der Waals surface area contributed by atoms with Gasteiger partial charge in [-0.05, 0) is 28.8 Å². The van der Waals surface area contributed by atoms with Crippen molar-refractivity contribution in [2.45, 2.75) is 6.61 Å². The van der Waals surface area contributed by atoms with Gasteiger partial charge in [-0.25, -0.2) is 0 Å². The first-order valence-electron chi connectivity index (χ1n) is 5.88. The summed E-state index contributed by atoms with van der Waals surface area (Å²) in [4.78, 5) is 0. The van der Waals surface area contributed by atoms with Crippen LogP contribution >= 0.6 is 0 Å². The Hall–Kier alpha value is -2.28. The Labute approximate surface area is 108 Å². The third-order valence-corrected chi connectivity index (χ3v) is 2.74. The molecule has 2 aromatic carbocycles. The van der Waals surface area contributed by atoms with E-state index in [2.05, 4.69) is 25.3 Å². The Bertz CT molecular complexity index is 469. The molecule has 90 valence electrons. The summed E-state index contributed by atoms with van der Waals surface area (Å²) in [7, 11) is 0. The van der Waals surface area contributed by atoms with Crippen LogP contribution in [0, 0.1) is 0 Å². The average Bonchev–Trinajstić information content (AvgIpc) is 2.46. The van der Waals surface area contributed by atoms with Gasteiger partial charge in [0.15, 0.2) is 0 Å². The molecule has 0 aromatic heterocycles. The van der Waals surface area contributed by atoms with E-state index in [1.807, 2.05) is 48.6 Å². The van der Waals surface area contributed by atoms with Gasteiger partial charge in [0.1, 0.15) is 12.4 Å². The standard InChI is InChI=1S/C17H16O/c1-3-14-5-7-16(8-6-14)13-18-17-11-9-15(4-2)10-12-17/h3-12H,1-2,13H2. The molecule has 0 bridgehead atoms. The van der Waals surface area contributed by atoms with Gasteiger partial charge in [0.25, 0.3) is 0 Å². The fraction of sp³-hybridized carbons (Fsp3) is 0.0588. The van der Waals surface area contributed by atoms with E-state index in [4.69, 9.17) is 4.74 Å². The van der Waals surface area contributed by atoms with Gasteiger partial charge in [-0.3, -0.25) is 0 Å². The van der Waals surface area contributed by atoms with Crippen LogP contribution < -0.4 is 4.74 Å². The molecule has 2 rings (SSSR count). The minimum atomic E-state index is 0.574. The highest BCUT2D eigenvalue weighted by atomic mass is 16.5. The lowest BCUT2D eigenvalue weighted by atomic mass is 10.1. The summed E-state index contributed by atoms with van der Waals surface area (Å²) in [6.07, 6.45) is 3.65. The average molecular weight is 236 g/mol. The summed E-state index contributed by atoms with van der Waals surface area (Å²) < 4.78 is 5.70. The number of benzene rings is 2. The largest absolute Gasteiger partial charge is 0.489 e. The molecule has 1 nitrogen and oxygen atoms in total.